The summed E-state index contributed by atoms with van der Waals surface area (Å²) in [6.07, 6.45) is 6.76. The topological polar surface area (TPSA) is 3.24 Å². The molecule has 3 aliphatic rings. The predicted molar refractivity (Wildman–Crippen MR) is 36.2 cm³/mol. The lowest BCUT2D eigenvalue weighted by molar-refractivity contribution is 0.301. The number of rotatable bonds is 0. The summed E-state index contributed by atoms with van der Waals surface area (Å²) in [6, 6.07) is 1.80. The molecule has 48 valence electrons. The van der Waals surface area contributed by atoms with Crippen LogP contribution in [0.15, 0.2) is 11.6 Å². The molecule has 0 amide bonds. The SMILES string of the molecule is C1=C2C[C@H]2N2CCC[C@H]12. The fourth-order valence-electron chi connectivity index (χ4n) is 2.30. The Kier molecular flexibility index (Phi) is 0.620. The summed E-state index contributed by atoms with van der Waals surface area (Å²) in [6.45, 7) is 1.37. The Bertz CT molecular complexity index is 183. The van der Waals surface area contributed by atoms with Gasteiger partial charge in [0.1, 0.15) is 0 Å². The Morgan fingerprint density at radius 3 is 3.44 bits per heavy atom. The second-order valence-corrected chi connectivity index (χ2v) is 3.41. The van der Waals surface area contributed by atoms with Gasteiger partial charge >= 0.3 is 0 Å². The molecule has 2 fully saturated rings. The van der Waals surface area contributed by atoms with E-state index in [1.807, 2.05) is 0 Å². The third kappa shape index (κ3) is 0.445. The van der Waals surface area contributed by atoms with Crippen LogP contribution < -0.4 is 0 Å². The summed E-state index contributed by atoms with van der Waals surface area (Å²) in [4.78, 5) is 2.66. The lowest BCUT2D eigenvalue weighted by Crippen LogP contribution is -2.26. The molecule has 1 saturated carbocycles. The Morgan fingerprint density at radius 1 is 1.56 bits per heavy atom. The number of nitrogens with zero attached hydrogens (tertiary/aromatic N) is 1. The molecule has 0 bridgehead atoms. The molecule has 1 saturated heterocycles. The second kappa shape index (κ2) is 1.24. The van der Waals surface area contributed by atoms with E-state index in [1.165, 1.54) is 25.8 Å². The van der Waals surface area contributed by atoms with E-state index in [-0.39, 0.29) is 0 Å². The molecule has 1 nitrogen and oxygen atoms in total. The van der Waals surface area contributed by atoms with Gasteiger partial charge in [0.15, 0.2) is 0 Å². The van der Waals surface area contributed by atoms with Crippen molar-refractivity contribution in [2.24, 2.45) is 0 Å². The van der Waals surface area contributed by atoms with Crippen LogP contribution in [0.25, 0.3) is 0 Å². The molecule has 2 aliphatic heterocycles. The van der Waals surface area contributed by atoms with Gasteiger partial charge in [-0.2, -0.15) is 0 Å². The van der Waals surface area contributed by atoms with Crippen molar-refractivity contribution in [1.82, 2.24) is 4.90 Å². The summed E-state index contributed by atoms with van der Waals surface area (Å²) in [7, 11) is 0. The molecule has 9 heavy (non-hydrogen) atoms. The summed E-state index contributed by atoms with van der Waals surface area (Å²) >= 11 is 0. The minimum absolute atomic E-state index is 0.874. The van der Waals surface area contributed by atoms with Crippen LogP contribution in [0.3, 0.4) is 0 Å². The summed E-state index contributed by atoms with van der Waals surface area (Å²) in [5.74, 6) is 0. The molecule has 0 aromatic rings. The summed E-state index contributed by atoms with van der Waals surface area (Å²) < 4.78 is 0. The molecule has 0 spiro atoms. The highest BCUT2D eigenvalue weighted by Gasteiger charge is 2.45. The van der Waals surface area contributed by atoms with Gasteiger partial charge in [0, 0.05) is 12.1 Å². The van der Waals surface area contributed by atoms with E-state index in [4.69, 9.17) is 0 Å². The van der Waals surface area contributed by atoms with Crippen molar-refractivity contribution >= 4 is 0 Å². The molecule has 0 radical (unpaired) electrons. The molecule has 0 aromatic carbocycles. The third-order valence-corrected chi connectivity index (χ3v) is 2.85. The molecule has 3 rings (SSSR count). The van der Waals surface area contributed by atoms with Gasteiger partial charge in [0.25, 0.3) is 0 Å². The van der Waals surface area contributed by atoms with Crippen LogP contribution in [-0.2, 0) is 0 Å². The fraction of sp³-hybridized carbons (Fsp3) is 0.750. The van der Waals surface area contributed by atoms with E-state index in [0.717, 1.165) is 12.1 Å². The Hall–Kier alpha value is -0.300. The van der Waals surface area contributed by atoms with E-state index < -0.39 is 0 Å². The molecule has 0 unspecified atom stereocenters. The van der Waals surface area contributed by atoms with Crippen molar-refractivity contribution in [2.45, 2.75) is 31.3 Å². The summed E-state index contributed by atoms with van der Waals surface area (Å²) in [5, 5.41) is 0. The van der Waals surface area contributed by atoms with Crippen molar-refractivity contribution in [2.75, 3.05) is 6.54 Å². The summed E-state index contributed by atoms with van der Waals surface area (Å²) in [5.41, 5.74) is 1.74. The monoisotopic (exact) mass is 121 g/mol. The smallest absolute Gasteiger partial charge is 0.0352 e. The van der Waals surface area contributed by atoms with Crippen LogP contribution in [-0.4, -0.2) is 23.5 Å². The molecule has 1 heteroatoms. The maximum atomic E-state index is 2.66. The van der Waals surface area contributed by atoms with E-state index in [1.54, 1.807) is 5.57 Å². The first kappa shape index (κ1) is 4.51. The first-order valence-corrected chi connectivity index (χ1v) is 3.91. The van der Waals surface area contributed by atoms with Gasteiger partial charge in [-0.25, -0.2) is 0 Å². The molecular weight excluding hydrogens is 110 g/mol. The van der Waals surface area contributed by atoms with Gasteiger partial charge in [-0.15, -0.1) is 0 Å². The minimum Gasteiger partial charge on any atom is -0.290 e. The zero-order valence-corrected chi connectivity index (χ0v) is 5.51. The van der Waals surface area contributed by atoms with E-state index in [2.05, 4.69) is 11.0 Å². The van der Waals surface area contributed by atoms with Gasteiger partial charge in [-0.1, -0.05) is 11.6 Å². The largest absolute Gasteiger partial charge is 0.290 e. The Labute approximate surface area is 55.3 Å². The highest BCUT2D eigenvalue weighted by Crippen LogP contribution is 2.45. The molecule has 2 heterocycles. The standard InChI is InChI=1S/C8H11N/c1-2-7-4-6-5-8(6)9(7)3-1/h4,7-8H,1-3,5H2/t7-,8-/m1/s1. The lowest BCUT2D eigenvalue weighted by atomic mass is 10.2. The van der Waals surface area contributed by atoms with Crippen molar-refractivity contribution in [3.63, 3.8) is 0 Å². The van der Waals surface area contributed by atoms with Gasteiger partial charge in [-0.05, 0) is 25.8 Å². The van der Waals surface area contributed by atoms with Gasteiger partial charge < -0.3 is 0 Å². The van der Waals surface area contributed by atoms with E-state index in [9.17, 15) is 0 Å². The Balaban J connectivity index is 1.99. The fourth-order valence-corrected chi connectivity index (χ4v) is 2.30. The zero-order valence-electron chi connectivity index (χ0n) is 5.51. The Morgan fingerprint density at radius 2 is 2.56 bits per heavy atom. The van der Waals surface area contributed by atoms with Gasteiger partial charge in [0.2, 0.25) is 0 Å². The molecule has 0 aromatic heterocycles. The zero-order chi connectivity index (χ0) is 5.84. The highest BCUT2D eigenvalue weighted by atomic mass is 15.2. The molecule has 1 aliphatic carbocycles. The number of fused-ring (bicyclic) bond motifs is 3. The first-order chi connectivity index (χ1) is 4.45. The first-order valence-electron chi connectivity index (χ1n) is 3.91. The van der Waals surface area contributed by atoms with Crippen molar-refractivity contribution < 1.29 is 0 Å². The van der Waals surface area contributed by atoms with Crippen molar-refractivity contribution in [3.8, 4) is 0 Å². The molecule has 2 atom stereocenters. The highest BCUT2D eigenvalue weighted by molar-refractivity contribution is 5.37. The van der Waals surface area contributed by atoms with Crippen LogP contribution in [0.4, 0.5) is 0 Å². The minimum atomic E-state index is 0.874. The lowest BCUT2D eigenvalue weighted by Gasteiger charge is -2.15. The quantitative estimate of drug-likeness (QED) is 0.435. The maximum Gasteiger partial charge on any atom is 0.0352 e. The molecule has 0 N–H and O–H groups in total. The number of hydrogen-bond acceptors (Lipinski definition) is 1. The van der Waals surface area contributed by atoms with Crippen LogP contribution in [0.1, 0.15) is 19.3 Å². The average molecular weight is 121 g/mol. The average Bonchev–Trinajstić information content (AvgIpc) is 2.38. The third-order valence-electron chi connectivity index (χ3n) is 2.85. The second-order valence-electron chi connectivity index (χ2n) is 3.41. The van der Waals surface area contributed by atoms with Crippen LogP contribution in [0.2, 0.25) is 0 Å². The van der Waals surface area contributed by atoms with E-state index >= 15 is 0 Å². The van der Waals surface area contributed by atoms with Gasteiger partial charge in [-0.3, -0.25) is 4.90 Å². The molecular formula is C8H11N. The predicted octanol–water partition coefficient (Wildman–Crippen LogP) is 1.16. The van der Waals surface area contributed by atoms with Crippen molar-refractivity contribution in [1.29, 1.82) is 0 Å². The van der Waals surface area contributed by atoms with Crippen molar-refractivity contribution in [3.05, 3.63) is 11.6 Å². The van der Waals surface area contributed by atoms with Crippen LogP contribution >= 0.6 is 0 Å². The van der Waals surface area contributed by atoms with Crippen LogP contribution in [0.5, 0.6) is 0 Å². The normalized spacial score (nSPS) is 46.4. The van der Waals surface area contributed by atoms with E-state index in [0.29, 0.717) is 0 Å². The maximum absolute atomic E-state index is 2.66. The van der Waals surface area contributed by atoms with Gasteiger partial charge in [0.05, 0.1) is 0 Å². The van der Waals surface area contributed by atoms with Crippen LogP contribution in [0, 0.1) is 0 Å². The number of hydrogen-bond donors (Lipinski definition) is 0.